The van der Waals surface area contributed by atoms with E-state index >= 15 is 0 Å². The first-order valence-corrected chi connectivity index (χ1v) is 7.68. The summed E-state index contributed by atoms with van der Waals surface area (Å²) >= 11 is 15.3. The second-order valence-corrected chi connectivity index (χ2v) is 6.31. The maximum absolute atomic E-state index is 9.91. The van der Waals surface area contributed by atoms with E-state index in [-0.39, 0.29) is 16.8 Å². The molecule has 0 aliphatic rings. The quantitative estimate of drug-likeness (QED) is 0.759. The van der Waals surface area contributed by atoms with E-state index in [2.05, 4.69) is 34.2 Å². The Hall–Kier alpha value is -0.740. The fraction of sp³-hybridized carbons (Fsp3) is 0.200. The SMILES string of the molecule is C[C@@H](NCc1cc(Cl)cc(Cl)c1O)c1cccc(Br)c1. The van der Waals surface area contributed by atoms with Crippen molar-refractivity contribution in [2.24, 2.45) is 0 Å². The third-order valence-corrected chi connectivity index (χ3v) is 4.05. The fourth-order valence-electron chi connectivity index (χ4n) is 1.91. The van der Waals surface area contributed by atoms with Gasteiger partial charge in [-0.15, -0.1) is 0 Å². The molecule has 0 aliphatic carbocycles. The average molecular weight is 375 g/mol. The molecule has 0 saturated heterocycles. The van der Waals surface area contributed by atoms with Gasteiger partial charge in [0.05, 0.1) is 5.02 Å². The van der Waals surface area contributed by atoms with Gasteiger partial charge in [-0.05, 0) is 36.8 Å². The van der Waals surface area contributed by atoms with E-state index in [1.165, 1.54) is 6.07 Å². The smallest absolute Gasteiger partial charge is 0.138 e. The third kappa shape index (κ3) is 3.89. The van der Waals surface area contributed by atoms with E-state index in [4.69, 9.17) is 23.2 Å². The highest BCUT2D eigenvalue weighted by Gasteiger charge is 2.10. The minimum atomic E-state index is 0.0741. The molecular weight excluding hydrogens is 361 g/mol. The van der Waals surface area contributed by atoms with Gasteiger partial charge in [0.15, 0.2) is 0 Å². The molecule has 1 atom stereocenters. The highest BCUT2D eigenvalue weighted by Crippen LogP contribution is 2.31. The molecule has 0 amide bonds. The molecule has 2 rings (SSSR count). The van der Waals surface area contributed by atoms with Crippen molar-refractivity contribution in [3.05, 3.63) is 62.0 Å². The number of aromatic hydroxyl groups is 1. The van der Waals surface area contributed by atoms with Crippen molar-refractivity contribution in [1.29, 1.82) is 0 Å². The van der Waals surface area contributed by atoms with Gasteiger partial charge >= 0.3 is 0 Å². The van der Waals surface area contributed by atoms with Crippen molar-refractivity contribution in [3.63, 3.8) is 0 Å². The number of rotatable bonds is 4. The predicted molar refractivity (Wildman–Crippen MR) is 87.5 cm³/mol. The highest BCUT2D eigenvalue weighted by molar-refractivity contribution is 9.10. The molecule has 2 N–H and O–H groups in total. The Labute approximate surface area is 136 Å². The van der Waals surface area contributed by atoms with Crippen LogP contribution < -0.4 is 5.32 Å². The van der Waals surface area contributed by atoms with Crippen LogP contribution in [-0.2, 0) is 6.54 Å². The molecule has 0 aromatic heterocycles. The molecule has 0 aliphatic heterocycles. The van der Waals surface area contributed by atoms with Gasteiger partial charge in [-0.25, -0.2) is 0 Å². The normalized spacial score (nSPS) is 12.4. The predicted octanol–water partition coefficient (Wildman–Crippen LogP) is 5.31. The number of hydrogen-bond acceptors (Lipinski definition) is 2. The van der Waals surface area contributed by atoms with Crippen LogP contribution in [0.2, 0.25) is 10.0 Å². The van der Waals surface area contributed by atoms with Crippen LogP contribution in [0.1, 0.15) is 24.1 Å². The van der Waals surface area contributed by atoms with Gasteiger partial charge in [0.1, 0.15) is 5.75 Å². The van der Waals surface area contributed by atoms with E-state index in [0.717, 1.165) is 10.0 Å². The molecule has 0 saturated carbocycles. The van der Waals surface area contributed by atoms with Crippen molar-refractivity contribution in [3.8, 4) is 5.75 Å². The Morgan fingerprint density at radius 1 is 1.25 bits per heavy atom. The number of phenolic OH excluding ortho intramolecular Hbond substituents is 1. The first-order chi connectivity index (χ1) is 9.47. The Morgan fingerprint density at radius 2 is 2.00 bits per heavy atom. The molecule has 0 fully saturated rings. The number of hydrogen-bond donors (Lipinski definition) is 2. The van der Waals surface area contributed by atoms with Crippen LogP contribution >= 0.6 is 39.1 Å². The van der Waals surface area contributed by atoms with E-state index in [1.807, 2.05) is 18.2 Å². The minimum Gasteiger partial charge on any atom is -0.506 e. The summed E-state index contributed by atoms with van der Waals surface area (Å²) in [6.45, 7) is 2.55. The van der Waals surface area contributed by atoms with Crippen LogP contribution in [0.15, 0.2) is 40.9 Å². The molecule has 0 bridgehead atoms. The summed E-state index contributed by atoms with van der Waals surface area (Å²) in [6, 6.07) is 11.5. The first-order valence-electron chi connectivity index (χ1n) is 6.13. The number of benzene rings is 2. The zero-order valence-corrected chi connectivity index (χ0v) is 13.9. The van der Waals surface area contributed by atoms with Gasteiger partial charge in [0.2, 0.25) is 0 Å². The van der Waals surface area contributed by atoms with Crippen LogP contribution in [0.4, 0.5) is 0 Å². The van der Waals surface area contributed by atoms with E-state index in [9.17, 15) is 5.11 Å². The van der Waals surface area contributed by atoms with E-state index < -0.39 is 0 Å². The molecule has 0 heterocycles. The molecular formula is C15H14BrCl2NO. The summed E-state index contributed by atoms with van der Waals surface area (Å²) in [5.41, 5.74) is 1.84. The van der Waals surface area contributed by atoms with Crippen molar-refractivity contribution < 1.29 is 5.11 Å². The molecule has 5 heteroatoms. The molecule has 2 nitrogen and oxygen atoms in total. The van der Waals surface area contributed by atoms with Crippen molar-refractivity contribution in [2.45, 2.75) is 19.5 Å². The minimum absolute atomic E-state index is 0.0741. The lowest BCUT2D eigenvalue weighted by Crippen LogP contribution is -2.18. The zero-order chi connectivity index (χ0) is 14.7. The molecule has 106 valence electrons. The lowest BCUT2D eigenvalue weighted by Gasteiger charge is -2.16. The van der Waals surface area contributed by atoms with Gasteiger partial charge in [0, 0.05) is 27.6 Å². The highest BCUT2D eigenvalue weighted by atomic mass is 79.9. The summed E-state index contributed by atoms with van der Waals surface area (Å²) in [6.07, 6.45) is 0. The second kappa shape index (κ2) is 6.81. The Kier molecular flexibility index (Phi) is 5.33. The number of phenols is 1. The van der Waals surface area contributed by atoms with Gasteiger partial charge < -0.3 is 10.4 Å². The number of nitrogens with one attached hydrogen (secondary N) is 1. The maximum Gasteiger partial charge on any atom is 0.138 e. The topological polar surface area (TPSA) is 32.3 Å². The van der Waals surface area contributed by atoms with E-state index in [1.54, 1.807) is 6.07 Å². The maximum atomic E-state index is 9.91. The van der Waals surface area contributed by atoms with Crippen LogP contribution in [0, 0.1) is 0 Å². The fourth-order valence-corrected chi connectivity index (χ4v) is 2.86. The summed E-state index contributed by atoms with van der Waals surface area (Å²) in [5, 5.41) is 14.0. The standard InChI is InChI=1S/C15H14BrCl2NO/c1-9(10-3-2-4-12(16)5-10)19-8-11-6-13(17)7-14(18)15(11)20/h2-7,9,19-20H,8H2,1H3/t9-/m1/s1. The van der Waals surface area contributed by atoms with Gasteiger partial charge in [-0.3, -0.25) is 0 Å². The van der Waals surface area contributed by atoms with Crippen LogP contribution in [-0.4, -0.2) is 5.11 Å². The Morgan fingerprint density at radius 3 is 2.70 bits per heavy atom. The van der Waals surface area contributed by atoms with Gasteiger partial charge in [-0.2, -0.15) is 0 Å². The van der Waals surface area contributed by atoms with Gasteiger partial charge in [-0.1, -0.05) is 51.3 Å². The third-order valence-electron chi connectivity index (χ3n) is 3.05. The van der Waals surface area contributed by atoms with Crippen molar-refractivity contribution in [2.75, 3.05) is 0 Å². The summed E-state index contributed by atoms with van der Waals surface area (Å²) in [7, 11) is 0. The Bertz CT molecular complexity index is 619. The Balaban J connectivity index is 2.09. The van der Waals surface area contributed by atoms with Crippen molar-refractivity contribution in [1.82, 2.24) is 5.32 Å². The molecule has 2 aromatic carbocycles. The summed E-state index contributed by atoms with van der Waals surface area (Å²) in [4.78, 5) is 0. The molecule has 0 radical (unpaired) electrons. The molecule has 20 heavy (non-hydrogen) atoms. The first kappa shape index (κ1) is 15.6. The summed E-state index contributed by atoms with van der Waals surface area (Å²) < 4.78 is 1.04. The second-order valence-electron chi connectivity index (χ2n) is 4.55. The van der Waals surface area contributed by atoms with Crippen molar-refractivity contribution >= 4 is 39.1 Å². The van der Waals surface area contributed by atoms with Gasteiger partial charge in [0.25, 0.3) is 0 Å². The molecule has 0 spiro atoms. The monoisotopic (exact) mass is 373 g/mol. The average Bonchev–Trinajstić information content (AvgIpc) is 2.40. The zero-order valence-electron chi connectivity index (χ0n) is 10.8. The summed E-state index contributed by atoms with van der Waals surface area (Å²) in [5.74, 6) is 0.0741. The molecule has 0 unspecified atom stereocenters. The van der Waals surface area contributed by atoms with Crippen LogP contribution in [0.3, 0.4) is 0 Å². The van der Waals surface area contributed by atoms with Crippen LogP contribution in [0.5, 0.6) is 5.75 Å². The number of halogens is 3. The lowest BCUT2D eigenvalue weighted by atomic mass is 10.1. The van der Waals surface area contributed by atoms with Crippen LogP contribution in [0.25, 0.3) is 0 Å². The lowest BCUT2D eigenvalue weighted by molar-refractivity contribution is 0.460. The van der Waals surface area contributed by atoms with E-state index in [0.29, 0.717) is 17.1 Å². The molecule has 2 aromatic rings. The largest absolute Gasteiger partial charge is 0.506 e.